The van der Waals surface area contributed by atoms with E-state index >= 15 is 0 Å². The van der Waals surface area contributed by atoms with E-state index in [0.29, 0.717) is 21.8 Å². The molecular weight excluding hydrogens is 366 g/mol. The number of hydrogen-bond donors (Lipinski definition) is 1. The Bertz CT molecular complexity index is 1220. The van der Waals surface area contributed by atoms with Gasteiger partial charge in [-0.2, -0.15) is 0 Å². The molecule has 0 atom stereocenters. The molecule has 27 heavy (non-hydrogen) atoms. The first-order chi connectivity index (χ1) is 12.9. The number of furan rings is 1. The van der Waals surface area contributed by atoms with Gasteiger partial charge in [0, 0.05) is 28.4 Å². The van der Waals surface area contributed by atoms with E-state index < -0.39 is 5.63 Å². The second-order valence-corrected chi connectivity index (χ2v) is 6.81. The van der Waals surface area contributed by atoms with Crippen LogP contribution in [-0.2, 0) is 6.54 Å². The molecule has 0 bridgehead atoms. The first-order valence-electron chi connectivity index (χ1n) is 8.43. The summed E-state index contributed by atoms with van der Waals surface area (Å²) in [6, 6.07) is 12.2. The van der Waals surface area contributed by atoms with Crippen LogP contribution in [0.15, 0.2) is 56.1 Å². The van der Waals surface area contributed by atoms with Crippen molar-refractivity contribution < 1.29 is 13.6 Å². The molecule has 0 saturated heterocycles. The summed E-state index contributed by atoms with van der Waals surface area (Å²) in [5.41, 5.74) is 2.90. The van der Waals surface area contributed by atoms with Crippen LogP contribution >= 0.6 is 11.6 Å². The molecule has 0 spiro atoms. The SMILES string of the molecule is Cc1cc2oc(=O)cc(CNC(=O)c3cc4ccccc4o3)c2c(C)c1Cl. The molecule has 4 aromatic rings. The minimum Gasteiger partial charge on any atom is -0.451 e. The van der Waals surface area contributed by atoms with Gasteiger partial charge in [-0.05, 0) is 48.7 Å². The molecule has 0 unspecified atom stereocenters. The van der Waals surface area contributed by atoms with Crippen molar-refractivity contribution >= 4 is 39.4 Å². The van der Waals surface area contributed by atoms with Crippen molar-refractivity contribution in [3.8, 4) is 0 Å². The van der Waals surface area contributed by atoms with E-state index in [1.165, 1.54) is 6.07 Å². The number of carbonyl (C=O) groups excluding carboxylic acids is 1. The summed E-state index contributed by atoms with van der Waals surface area (Å²) in [5, 5.41) is 5.00. The standard InChI is InChI=1S/C21H16ClNO4/c1-11-7-16-19(12(2)20(11)22)14(9-18(24)27-16)10-23-21(25)17-8-13-5-3-4-6-15(13)26-17/h3-9H,10H2,1-2H3,(H,23,25). The molecule has 5 nitrogen and oxygen atoms in total. The molecule has 0 aliphatic rings. The maximum Gasteiger partial charge on any atom is 0.336 e. The number of halogens is 1. The highest BCUT2D eigenvalue weighted by atomic mass is 35.5. The number of aryl methyl sites for hydroxylation is 2. The first-order valence-corrected chi connectivity index (χ1v) is 8.81. The number of hydrogen-bond acceptors (Lipinski definition) is 4. The van der Waals surface area contributed by atoms with Gasteiger partial charge in [0.2, 0.25) is 0 Å². The highest BCUT2D eigenvalue weighted by molar-refractivity contribution is 6.33. The van der Waals surface area contributed by atoms with Crippen LogP contribution in [0.2, 0.25) is 5.02 Å². The third-order valence-corrected chi connectivity index (χ3v) is 5.14. The van der Waals surface area contributed by atoms with Gasteiger partial charge >= 0.3 is 5.63 Å². The van der Waals surface area contributed by atoms with Crippen LogP contribution in [-0.4, -0.2) is 5.91 Å². The predicted octanol–water partition coefficient (Wildman–Crippen LogP) is 4.74. The average molecular weight is 382 g/mol. The summed E-state index contributed by atoms with van der Waals surface area (Å²) in [4.78, 5) is 24.4. The van der Waals surface area contributed by atoms with Gasteiger partial charge in [0.15, 0.2) is 5.76 Å². The minimum atomic E-state index is -0.475. The van der Waals surface area contributed by atoms with Gasteiger partial charge in [0.1, 0.15) is 11.2 Å². The summed E-state index contributed by atoms with van der Waals surface area (Å²) >= 11 is 6.35. The van der Waals surface area contributed by atoms with Gasteiger partial charge in [-0.3, -0.25) is 4.79 Å². The molecular formula is C21H16ClNO4. The lowest BCUT2D eigenvalue weighted by Gasteiger charge is -2.11. The molecule has 4 rings (SSSR count). The van der Waals surface area contributed by atoms with Gasteiger partial charge in [-0.1, -0.05) is 29.8 Å². The minimum absolute atomic E-state index is 0.151. The number of para-hydroxylation sites is 1. The van der Waals surface area contributed by atoms with E-state index in [9.17, 15) is 9.59 Å². The van der Waals surface area contributed by atoms with E-state index in [4.69, 9.17) is 20.4 Å². The zero-order chi connectivity index (χ0) is 19.1. The van der Waals surface area contributed by atoms with Crippen molar-refractivity contribution in [3.63, 3.8) is 0 Å². The lowest BCUT2D eigenvalue weighted by Crippen LogP contribution is -2.23. The molecule has 1 N–H and O–H groups in total. The number of fused-ring (bicyclic) bond motifs is 2. The Labute approximate surface area is 159 Å². The molecule has 0 fully saturated rings. The summed E-state index contributed by atoms with van der Waals surface area (Å²) < 4.78 is 10.9. The second kappa shape index (κ2) is 6.59. The Morgan fingerprint density at radius 1 is 1.07 bits per heavy atom. The number of amides is 1. The van der Waals surface area contributed by atoms with Crippen LogP contribution in [0, 0.1) is 13.8 Å². The summed E-state index contributed by atoms with van der Waals surface area (Å²) in [5.74, 6) is -0.141. The maximum absolute atomic E-state index is 12.5. The summed E-state index contributed by atoms with van der Waals surface area (Å²) in [6.07, 6.45) is 0. The van der Waals surface area contributed by atoms with Crippen LogP contribution < -0.4 is 10.9 Å². The molecule has 0 radical (unpaired) electrons. The number of benzene rings is 2. The van der Waals surface area contributed by atoms with Crippen LogP contribution in [0.4, 0.5) is 0 Å². The normalized spacial score (nSPS) is 11.2. The molecule has 2 aromatic carbocycles. The predicted molar refractivity (Wildman–Crippen MR) is 104 cm³/mol. The van der Waals surface area contributed by atoms with Crippen LogP contribution in [0.25, 0.3) is 21.9 Å². The molecule has 1 amide bonds. The van der Waals surface area contributed by atoms with Crippen LogP contribution in [0.3, 0.4) is 0 Å². The quantitative estimate of drug-likeness (QED) is 0.520. The summed E-state index contributed by atoms with van der Waals surface area (Å²) in [6.45, 7) is 3.87. The van der Waals surface area contributed by atoms with Crippen LogP contribution in [0.5, 0.6) is 0 Å². The Balaban J connectivity index is 1.68. The molecule has 0 saturated carbocycles. The van der Waals surface area contributed by atoms with E-state index in [1.54, 1.807) is 18.2 Å². The number of rotatable bonds is 3. The smallest absolute Gasteiger partial charge is 0.336 e. The third kappa shape index (κ3) is 3.11. The van der Waals surface area contributed by atoms with Gasteiger partial charge in [0.25, 0.3) is 5.91 Å². The fraction of sp³-hybridized carbons (Fsp3) is 0.143. The van der Waals surface area contributed by atoms with Crippen molar-refractivity contribution in [2.75, 3.05) is 0 Å². The van der Waals surface area contributed by atoms with Crippen molar-refractivity contribution in [3.05, 3.63) is 80.4 Å². The van der Waals surface area contributed by atoms with Gasteiger partial charge in [0.05, 0.1) is 0 Å². The van der Waals surface area contributed by atoms with Gasteiger partial charge in [-0.25, -0.2) is 4.79 Å². The molecule has 0 aliphatic heterocycles. The topological polar surface area (TPSA) is 72.5 Å². The van der Waals surface area contributed by atoms with Gasteiger partial charge in [-0.15, -0.1) is 0 Å². The fourth-order valence-corrected chi connectivity index (χ4v) is 3.40. The Morgan fingerprint density at radius 2 is 1.85 bits per heavy atom. The Hall–Kier alpha value is -3.05. The highest BCUT2D eigenvalue weighted by Crippen LogP contribution is 2.30. The number of carbonyl (C=O) groups is 1. The van der Waals surface area contributed by atoms with Crippen molar-refractivity contribution in [1.29, 1.82) is 0 Å². The van der Waals surface area contributed by atoms with Crippen molar-refractivity contribution in [2.24, 2.45) is 0 Å². The Kier molecular flexibility index (Phi) is 4.24. The number of nitrogens with one attached hydrogen (secondary N) is 1. The van der Waals surface area contributed by atoms with Crippen LogP contribution in [0.1, 0.15) is 27.2 Å². The van der Waals surface area contributed by atoms with Crippen molar-refractivity contribution in [2.45, 2.75) is 20.4 Å². The van der Waals surface area contributed by atoms with E-state index in [1.807, 2.05) is 32.0 Å². The maximum atomic E-state index is 12.5. The average Bonchev–Trinajstić information content (AvgIpc) is 3.08. The first kappa shape index (κ1) is 17.4. The molecule has 2 aromatic heterocycles. The fourth-order valence-electron chi connectivity index (χ4n) is 3.25. The molecule has 2 heterocycles. The largest absolute Gasteiger partial charge is 0.451 e. The van der Waals surface area contributed by atoms with E-state index in [2.05, 4.69) is 5.32 Å². The lowest BCUT2D eigenvalue weighted by molar-refractivity contribution is 0.0925. The monoisotopic (exact) mass is 381 g/mol. The lowest BCUT2D eigenvalue weighted by atomic mass is 10.0. The third-order valence-electron chi connectivity index (χ3n) is 4.56. The molecule has 0 aliphatic carbocycles. The van der Waals surface area contributed by atoms with E-state index in [0.717, 1.165) is 21.9 Å². The van der Waals surface area contributed by atoms with E-state index in [-0.39, 0.29) is 18.2 Å². The summed E-state index contributed by atoms with van der Waals surface area (Å²) in [7, 11) is 0. The van der Waals surface area contributed by atoms with Gasteiger partial charge < -0.3 is 14.2 Å². The van der Waals surface area contributed by atoms with Crippen molar-refractivity contribution in [1.82, 2.24) is 5.32 Å². The molecule has 6 heteroatoms. The Morgan fingerprint density at radius 3 is 2.63 bits per heavy atom. The second-order valence-electron chi connectivity index (χ2n) is 6.43. The molecule has 136 valence electrons. The zero-order valence-electron chi connectivity index (χ0n) is 14.8. The zero-order valence-corrected chi connectivity index (χ0v) is 15.5. The highest BCUT2D eigenvalue weighted by Gasteiger charge is 2.16.